The van der Waals surface area contributed by atoms with Crippen molar-refractivity contribution in [3.63, 3.8) is 0 Å². The van der Waals surface area contributed by atoms with Crippen LogP contribution < -0.4 is 10.6 Å². The van der Waals surface area contributed by atoms with Crippen LogP contribution in [-0.4, -0.2) is 23.0 Å². The highest BCUT2D eigenvalue weighted by Crippen LogP contribution is 2.21. The van der Waals surface area contributed by atoms with Crippen LogP contribution in [-0.2, 0) is 16.1 Å². The molecule has 0 atom stereocenters. The predicted molar refractivity (Wildman–Crippen MR) is 65.7 cm³/mol. The molecule has 2 amide bonds. The fourth-order valence-corrected chi connectivity index (χ4v) is 1.64. The molecule has 0 aromatic heterocycles. The molecule has 1 aliphatic carbocycles. The van der Waals surface area contributed by atoms with E-state index < -0.39 is 23.3 Å². The first-order valence-corrected chi connectivity index (χ1v) is 6.18. The van der Waals surface area contributed by atoms with Gasteiger partial charge >= 0.3 is 0 Å². The second-order valence-electron chi connectivity index (χ2n) is 4.70. The van der Waals surface area contributed by atoms with Crippen LogP contribution in [0.4, 0.5) is 8.78 Å². The standard InChI is InChI=1S/C13H14F2N2O3/c14-9-3-7(4-10(15)13(9)20)6-16-11(18)5-12(19)17-8-1-2-8/h3-4,8,20H,1-2,5-6H2,(H,16,18)(H,17,19). The minimum absolute atomic E-state index is 0.121. The third-order valence-electron chi connectivity index (χ3n) is 2.83. The number of nitrogens with one attached hydrogen (secondary N) is 2. The Morgan fingerprint density at radius 3 is 2.35 bits per heavy atom. The van der Waals surface area contributed by atoms with Gasteiger partial charge in [0.05, 0.1) is 0 Å². The van der Waals surface area contributed by atoms with Gasteiger partial charge in [-0.1, -0.05) is 0 Å². The normalized spacial score (nSPS) is 13.9. The average molecular weight is 284 g/mol. The number of carbonyl (C=O) groups excluding carboxylic acids is 2. The minimum Gasteiger partial charge on any atom is -0.503 e. The number of rotatable bonds is 5. The molecule has 1 aliphatic rings. The van der Waals surface area contributed by atoms with E-state index in [1.54, 1.807) is 0 Å². The van der Waals surface area contributed by atoms with Crippen LogP contribution in [0.2, 0.25) is 0 Å². The molecule has 1 fully saturated rings. The number of amides is 2. The Kier molecular flexibility index (Phi) is 4.16. The van der Waals surface area contributed by atoms with Crippen molar-refractivity contribution in [1.82, 2.24) is 10.6 Å². The second kappa shape index (κ2) is 5.85. The van der Waals surface area contributed by atoms with E-state index in [9.17, 15) is 18.4 Å². The summed E-state index contributed by atoms with van der Waals surface area (Å²) in [6, 6.07) is 2.02. The summed E-state index contributed by atoms with van der Waals surface area (Å²) in [4.78, 5) is 22.8. The van der Waals surface area contributed by atoms with Gasteiger partial charge in [-0.25, -0.2) is 8.78 Å². The summed E-state index contributed by atoms with van der Waals surface area (Å²) in [6.45, 7) is -0.121. The summed E-state index contributed by atoms with van der Waals surface area (Å²) >= 11 is 0. The molecule has 108 valence electrons. The third kappa shape index (κ3) is 3.91. The molecule has 1 aromatic rings. The maximum absolute atomic E-state index is 13.1. The van der Waals surface area contributed by atoms with E-state index in [0.29, 0.717) is 0 Å². The molecule has 7 heteroatoms. The van der Waals surface area contributed by atoms with Crippen molar-refractivity contribution in [3.05, 3.63) is 29.3 Å². The Hall–Kier alpha value is -2.18. The van der Waals surface area contributed by atoms with Gasteiger partial charge in [0.15, 0.2) is 17.4 Å². The largest absolute Gasteiger partial charge is 0.503 e. The fourth-order valence-electron chi connectivity index (χ4n) is 1.64. The van der Waals surface area contributed by atoms with Crippen molar-refractivity contribution >= 4 is 11.8 Å². The first-order valence-electron chi connectivity index (χ1n) is 6.18. The zero-order chi connectivity index (χ0) is 14.7. The van der Waals surface area contributed by atoms with E-state index in [0.717, 1.165) is 25.0 Å². The van der Waals surface area contributed by atoms with Crippen molar-refractivity contribution in [2.45, 2.75) is 31.8 Å². The molecule has 1 saturated carbocycles. The third-order valence-corrected chi connectivity index (χ3v) is 2.83. The maximum Gasteiger partial charge on any atom is 0.229 e. The molecule has 5 nitrogen and oxygen atoms in total. The molecule has 0 unspecified atom stereocenters. The zero-order valence-electron chi connectivity index (χ0n) is 10.6. The summed E-state index contributed by atoms with van der Waals surface area (Å²) in [6.07, 6.45) is 1.54. The van der Waals surface area contributed by atoms with E-state index in [-0.39, 0.29) is 30.5 Å². The van der Waals surface area contributed by atoms with Crippen LogP contribution in [0.3, 0.4) is 0 Å². The Labute approximate surface area is 114 Å². The van der Waals surface area contributed by atoms with E-state index in [1.807, 2.05) is 0 Å². The van der Waals surface area contributed by atoms with Crippen molar-refractivity contribution in [1.29, 1.82) is 0 Å². The SMILES string of the molecule is O=C(CC(=O)NC1CC1)NCc1cc(F)c(O)c(F)c1. The molecule has 0 bridgehead atoms. The van der Waals surface area contributed by atoms with Crippen LogP contribution in [0.25, 0.3) is 0 Å². The Balaban J connectivity index is 1.81. The van der Waals surface area contributed by atoms with Crippen LogP contribution in [0.15, 0.2) is 12.1 Å². The molecule has 0 spiro atoms. The lowest BCUT2D eigenvalue weighted by Gasteiger charge is -2.07. The Morgan fingerprint density at radius 1 is 1.20 bits per heavy atom. The summed E-state index contributed by atoms with van der Waals surface area (Å²) in [5.74, 6) is -4.14. The summed E-state index contributed by atoms with van der Waals surface area (Å²) in [5.41, 5.74) is 0.161. The van der Waals surface area contributed by atoms with Crippen molar-refractivity contribution in [2.24, 2.45) is 0 Å². The van der Waals surface area contributed by atoms with Gasteiger partial charge in [0, 0.05) is 12.6 Å². The highest BCUT2D eigenvalue weighted by Gasteiger charge is 2.24. The zero-order valence-corrected chi connectivity index (χ0v) is 10.6. The van der Waals surface area contributed by atoms with E-state index in [1.165, 1.54) is 0 Å². The number of halogens is 2. The maximum atomic E-state index is 13.1. The highest BCUT2D eigenvalue weighted by atomic mass is 19.1. The lowest BCUT2D eigenvalue weighted by molar-refractivity contribution is -0.129. The van der Waals surface area contributed by atoms with Gasteiger partial charge in [-0.3, -0.25) is 9.59 Å². The lowest BCUT2D eigenvalue weighted by atomic mass is 10.2. The van der Waals surface area contributed by atoms with Gasteiger partial charge in [0.1, 0.15) is 6.42 Å². The van der Waals surface area contributed by atoms with Gasteiger partial charge in [-0.15, -0.1) is 0 Å². The molecular weight excluding hydrogens is 270 g/mol. The number of carbonyl (C=O) groups is 2. The molecule has 20 heavy (non-hydrogen) atoms. The van der Waals surface area contributed by atoms with Gasteiger partial charge in [0.2, 0.25) is 11.8 Å². The van der Waals surface area contributed by atoms with Crippen LogP contribution in [0, 0.1) is 11.6 Å². The Bertz CT molecular complexity index is 521. The van der Waals surface area contributed by atoms with E-state index in [4.69, 9.17) is 5.11 Å². The minimum atomic E-state index is -1.10. The van der Waals surface area contributed by atoms with Crippen molar-refractivity contribution < 1.29 is 23.5 Å². The predicted octanol–water partition coefficient (Wildman–Crippen LogP) is 0.955. The number of benzene rings is 1. The quantitative estimate of drug-likeness (QED) is 0.705. The topological polar surface area (TPSA) is 78.4 Å². The fraction of sp³-hybridized carbons (Fsp3) is 0.385. The van der Waals surface area contributed by atoms with Gasteiger partial charge in [-0.05, 0) is 30.5 Å². The molecule has 0 radical (unpaired) electrons. The molecule has 0 aliphatic heterocycles. The van der Waals surface area contributed by atoms with Crippen molar-refractivity contribution in [3.8, 4) is 5.75 Å². The number of aromatic hydroxyl groups is 1. The van der Waals surface area contributed by atoms with Crippen LogP contribution in [0.5, 0.6) is 5.75 Å². The van der Waals surface area contributed by atoms with Gasteiger partial charge < -0.3 is 15.7 Å². The molecule has 0 saturated heterocycles. The first-order chi connectivity index (χ1) is 9.45. The summed E-state index contributed by atoms with van der Waals surface area (Å²) < 4.78 is 26.1. The highest BCUT2D eigenvalue weighted by molar-refractivity contribution is 5.97. The molecule has 3 N–H and O–H groups in total. The molecular formula is C13H14F2N2O3. The molecule has 1 aromatic carbocycles. The lowest BCUT2D eigenvalue weighted by Crippen LogP contribution is -2.32. The van der Waals surface area contributed by atoms with Crippen molar-refractivity contribution in [2.75, 3.05) is 0 Å². The summed E-state index contributed by atoms with van der Waals surface area (Å²) in [7, 11) is 0. The number of phenols is 1. The number of hydrogen-bond acceptors (Lipinski definition) is 3. The molecule has 2 rings (SSSR count). The monoisotopic (exact) mass is 284 g/mol. The van der Waals surface area contributed by atoms with E-state index >= 15 is 0 Å². The van der Waals surface area contributed by atoms with Gasteiger partial charge in [0.25, 0.3) is 0 Å². The number of phenolic OH excluding ortho intramolecular Hbond substituents is 1. The average Bonchev–Trinajstić information content (AvgIpc) is 3.16. The van der Waals surface area contributed by atoms with Crippen LogP contribution in [0.1, 0.15) is 24.8 Å². The smallest absolute Gasteiger partial charge is 0.229 e. The number of hydrogen-bond donors (Lipinski definition) is 3. The Morgan fingerprint density at radius 2 is 1.80 bits per heavy atom. The van der Waals surface area contributed by atoms with Gasteiger partial charge in [-0.2, -0.15) is 0 Å². The summed E-state index contributed by atoms with van der Waals surface area (Å²) in [5, 5.41) is 14.0. The second-order valence-corrected chi connectivity index (χ2v) is 4.70. The first kappa shape index (κ1) is 14.2. The molecule has 0 heterocycles. The van der Waals surface area contributed by atoms with E-state index in [2.05, 4.69) is 10.6 Å². The van der Waals surface area contributed by atoms with Crippen LogP contribution >= 0.6 is 0 Å².